The molecule has 2 unspecified atom stereocenters. The van der Waals surface area contributed by atoms with Gasteiger partial charge in [-0.25, -0.2) is 0 Å². The number of rotatable bonds is 5. The molecule has 1 fully saturated rings. The van der Waals surface area contributed by atoms with E-state index in [1.165, 1.54) is 7.11 Å². The summed E-state index contributed by atoms with van der Waals surface area (Å²) < 4.78 is 9.98. The molecule has 0 aromatic rings. The van der Waals surface area contributed by atoms with Gasteiger partial charge in [-0.15, -0.1) is 0 Å². The standard InChI is InChI=1S/C13H23NO4/c1-4-6-14(8-12(15)17-3)13(16)11-5-7-18-9-10(11)2/h10-11H,4-9H2,1-3H3. The molecule has 0 aliphatic carbocycles. The minimum absolute atomic E-state index is 0.0324. The van der Waals surface area contributed by atoms with Gasteiger partial charge in [0.2, 0.25) is 5.91 Å². The Morgan fingerprint density at radius 1 is 1.44 bits per heavy atom. The van der Waals surface area contributed by atoms with E-state index < -0.39 is 0 Å². The number of nitrogens with zero attached hydrogens (tertiary/aromatic N) is 1. The van der Waals surface area contributed by atoms with Crippen molar-refractivity contribution in [1.82, 2.24) is 4.90 Å². The first-order valence-corrected chi connectivity index (χ1v) is 6.53. The van der Waals surface area contributed by atoms with Crippen molar-refractivity contribution in [2.45, 2.75) is 26.7 Å². The van der Waals surface area contributed by atoms with Gasteiger partial charge in [0, 0.05) is 25.7 Å². The third kappa shape index (κ3) is 3.98. The number of carbonyl (C=O) groups excluding carboxylic acids is 2. The van der Waals surface area contributed by atoms with Crippen LogP contribution in [0, 0.1) is 11.8 Å². The Labute approximate surface area is 108 Å². The minimum atomic E-state index is -0.364. The van der Waals surface area contributed by atoms with Crippen molar-refractivity contribution >= 4 is 11.9 Å². The van der Waals surface area contributed by atoms with Crippen molar-refractivity contribution in [3.63, 3.8) is 0 Å². The molecular formula is C13H23NO4. The highest BCUT2D eigenvalue weighted by Gasteiger charge is 2.32. The summed E-state index contributed by atoms with van der Waals surface area (Å²) in [5.41, 5.74) is 0. The maximum atomic E-state index is 12.4. The molecule has 5 nitrogen and oxygen atoms in total. The largest absolute Gasteiger partial charge is 0.468 e. The van der Waals surface area contributed by atoms with E-state index in [2.05, 4.69) is 4.74 Å². The highest BCUT2D eigenvalue weighted by molar-refractivity contribution is 5.83. The molecule has 1 aliphatic rings. The number of amides is 1. The lowest BCUT2D eigenvalue weighted by atomic mass is 9.88. The Morgan fingerprint density at radius 2 is 2.17 bits per heavy atom. The number of hydrogen-bond acceptors (Lipinski definition) is 4. The van der Waals surface area contributed by atoms with E-state index in [1.807, 2.05) is 13.8 Å². The minimum Gasteiger partial charge on any atom is -0.468 e. The quantitative estimate of drug-likeness (QED) is 0.691. The van der Waals surface area contributed by atoms with Crippen LogP contribution in [0.1, 0.15) is 26.7 Å². The summed E-state index contributed by atoms with van der Waals surface area (Å²) in [5, 5.41) is 0. The lowest BCUT2D eigenvalue weighted by Crippen LogP contribution is -2.44. The van der Waals surface area contributed by atoms with Crippen LogP contribution in [0.25, 0.3) is 0 Å². The number of methoxy groups -OCH3 is 1. The molecule has 104 valence electrons. The van der Waals surface area contributed by atoms with Gasteiger partial charge >= 0.3 is 5.97 Å². The van der Waals surface area contributed by atoms with Crippen molar-refractivity contribution < 1.29 is 19.1 Å². The van der Waals surface area contributed by atoms with E-state index in [1.54, 1.807) is 4.90 Å². The molecule has 18 heavy (non-hydrogen) atoms. The molecule has 0 aromatic heterocycles. The van der Waals surface area contributed by atoms with Gasteiger partial charge in [0.05, 0.1) is 7.11 Å². The van der Waals surface area contributed by atoms with Crippen LogP contribution in [-0.2, 0) is 19.1 Å². The van der Waals surface area contributed by atoms with E-state index in [0.29, 0.717) is 19.8 Å². The van der Waals surface area contributed by atoms with Crippen molar-refractivity contribution in [3.8, 4) is 0 Å². The fraction of sp³-hybridized carbons (Fsp3) is 0.846. The number of ether oxygens (including phenoxy) is 2. The van der Waals surface area contributed by atoms with Gasteiger partial charge < -0.3 is 14.4 Å². The summed E-state index contributed by atoms with van der Waals surface area (Å²) in [5.74, 6) is -0.132. The van der Waals surface area contributed by atoms with Crippen molar-refractivity contribution in [3.05, 3.63) is 0 Å². The smallest absolute Gasteiger partial charge is 0.325 e. The van der Waals surface area contributed by atoms with Gasteiger partial charge in [-0.05, 0) is 18.8 Å². The van der Waals surface area contributed by atoms with Crippen molar-refractivity contribution in [2.75, 3.05) is 33.4 Å². The molecule has 0 saturated carbocycles. The Bertz CT molecular complexity index is 293. The van der Waals surface area contributed by atoms with Crippen LogP contribution >= 0.6 is 0 Å². The van der Waals surface area contributed by atoms with E-state index >= 15 is 0 Å². The number of esters is 1. The third-order valence-corrected chi connectivity index (χ3v) is 3.31. The average molecular weight is 257 g/mol. The molecule has 1 amide bonds. The maximum absolute atomic E-state index is 12.4. The molecule has 1 aliphatic heterocycles. The van der Waals surface area contributed by atoms with Crippen molar-refractivity contribution in [2.24, 2.45) is 11.8 Å². The first-order chi connectivity index (χ1) is 8.60. The summed E-state index contributed by atoms with van der Waals surface area (Å²) in [4.78, 5) is 25.3. The zero-order chi connectivity index (χ0) is 13.5. The molecule has 1 saturated heterocycles. The Kier molecular flexibility index (Phi) is 6.12. The van der Waals surface area contributed by atoms with Crippen LogP contribution in [0.4, 0.5) is 0 Å². The topological polar surface area (TPSA) is 55.8 Å². The molecule has 0 aromatic carbocycles. The van der Waals surface area contributed by atoms with Crippen LogP contribution in [0.15, 0.2) is 0 Å². The number of carbonyl (C=O) groups is 2. The number of hydrogen-bond donors (Lipinski definition) is 0. The van der Waals surface area contributed by atoms with E-state index in [0.717, 1.165) is 12.8 Å². The Hall–Kier alpha value is -1.10. The monoisotopic (exact) mass is 257 g/mol. The second-order valence-electron chi connectivity index (χ2n) is 4.78. The predicted octanol–water partition coefficient (Wildman–Crippen LogP) is 1.07. The van der Waals surface area contributed by atoms with Gasteiger partial charge in [-0.2, -0.15) is 0 Å². The van der Waals surface area contributed by atoms with Gasteiger partial charge in [-0.1, -0.05) is 13.8 Å². The normalized spacial score (nSPS) is 23.5. The Morgan fingerprint density at radius 3 is 2.72 bits per heavy atom. The van der Waals surface area contributed by atoms with Crippen LogP contribution in [-0.4, -0.2) is 50.2 Å². The maximum Gasteiger partial charge on any atom is 0.325 e. The van der Waals surface area contributed by atoms with E-state index in [4.69, 9.17) is 4.74 Å². The summed E-state index contributed by atoms with van der Waals surface area (Å²) >= 11 is 0. The van der Waals surface area contributed by atoms with Gasteiger partial charge in [0.15, 0.2) is 0 Å². The zero-order valence-corrected chi connectivity index (χ0v) is 11.5. The fourth-order valence-corrected chi connectivity index (χ4v) is 2.24. The molecule has 5 heteroatoms. The van der Waals surface area contributed by atoms with Crippen LogP contribution in [0.5, 0.6) is 0 Å². The van der Waals surface area contributed by atoms with E-state index in [-0.39, 0.29) is 30.3 Å². The summed E-state index contributed by atoms with van der Waals surface area (Å²) in [6.07, 6.45) is 1.57. The van der Waals surface area contributed by atoms with Crippen LogP contribution in [0.2, 0.25) is 0 Å². The summed E-state index contributed by atoms with van der Waals surface area (Å²) in [6.45, 7) is 5.90. The first kappa shape index (κ1) is 15.0. The molecule has 1 heterocycles. The highest BCUT2D eigenvalue weighted by atomic mass is 16.5. The SMILES string of the molecule is CCCN(CC(=O)OC)C(=O)C1CCOCC1C. The highest BCUT2D eigenvalue weighted by Crippen LogP contribution is 2.23. The van der Waals surface area contributed by atoms with Crippen molar-refractivity contribution in [1.29, 1.82) is 0 Å². The molecule has 0 spiro atoms. The Balaban J connectivity index is 2.65. The van der Waals surface area contributed by atoms with Gasteiger partial charge in [0.1, 0.15) is 6.54 Å². The first-order valence-electron chi connectivity index (χ1n) is 6.53. The van der Waals surface area contributed by atoms with Crippen LogP contribution in [0.3, 0.4) is 0 Å². The molecule has 0 radical (unpaired) electrons. The predicted molar refractivity (Wildman–Crippen MR) is 67.0 cm³/mol. The summed E-state index contributed by atoms with van der Waals surface area (Å²) in [7, 11) is 1.34. The second-order valence-corrected chi connectivity index (χ2v) is 4.78. The lowest BCUT2D eigenvalue weighted by Gasteiger charge is -2.32. The zero-order valence-electron chi connectivity index (χ0n) is 11.5. The second kappa shape index (κ2) is 7.36. The molecular weight excluding hydrogens is 234 g/mol. The summed E-state index contributed by atoms with van der Waals surface area (Å²) in [6, 6.07) is 0. The molecule has 1 rings (SSSR count). The lowest BCUT2D eigenvalue weighted by molar-refractivity contribution is -0.151. The third-order valence-electron chi connectivity index (χ3n) is 3.31. The molecule has 2 atom stereocenters. The fourth-order valence-electron chi connectivity index (χ4n) is 2.24. The van der Waals surface area contributed by atoms with Crippen LogP contribution < -0.4 is 0 Å². The molecule has 0 bridgehead atoms. The average Bonchev–Trinajstić information content (AvgIpc) is 2.38. The molecule has 0 N–H and O–H groups in total. The van der Waals surface area contributed by atoms with Gasteiger partial charge in [0.25, 0.3) is 0 Å². The van der Waals surface area contributed by atoms with E-state index in [9.17, 15) is 9.59 Å². The van der Waals surface area contributed by atoms with Gasteiger partial charge in [-0.3, -0.25) is 9.59 Å².